The molecule has 1 atom stereocenters. The lowest BCUT2D eigenvalue weighted by atomic mass is 9.83. The van der Waals surface area contributed by atoms with E-state index in [1.807, 2.05) is 30.3 Å². The standard InChI is InChI=1S/C21H24N4O2/c1-21(2,3)15-7-4-6-13-17(10-11-27-19(13)15)24-20(26)23-16-8-5-9-18-14(16)12-22-25-18/h4-9,12,17H,10-11H2,1-3H3,(H,22,25)(H2,23,24,26)/t17-/m0/s1. The number of ether oxygens (including phenoxy) is 1. The molecule has 0 saturated heterocycles. The summed E-state index contributed by atoms with van der Waals surface area (Å²) < 4.78 is 5.97. The Morgan fingerprint density at radius 3 is 2.85 bits per heavy atom. The first-order valence-corrected chi connectivity index (χ1v) is 9.19. The minimum Gasteiger partial charge on any atom is -0.493 e. The number of carbonyl (C=O) groups excluding carboxylic acids is 1. The Kier molecular flexibility index (Phi) is 4.26. The molecule has 6 heteroatoms. The lowest BCUT2D eigenvalue weighted by Gasteiger charge is -2.31. The Hall–Kier alpha value is -3.02. The zero-order valence-electron chi connectivity index (χ0n) is 15.8. The van der Waals surface area contributed by atoms with Gasteiger partial charge in [-0.3, -0.25) is 5.10 Å². The average Bonchev–Trinajstić information content (AvgIpc) is 3.10. The van der Waals surface area contributed by atoms with Gasteiger partial charge >= 0.3 is 6.03 Å². The highest BCUT2D eigenvalue weighted by Gasteiger charge is 2.28. The molecule has 2 aromatic carbocycles. The van der Waals surface area contributed by atoms with Crippen molar-refractivity contribution in [1.82, 2.24) is 15.5 Å². The molecule has 1 aliphatic rings. The molecule has 0 fully saturated rings. The van der Waals surface area contributed by atoms with Crippen LogP contribution in [0.4, 0.5) is 10.5 Å². The van der Waals surface area contributed by atoms with Gasteiger partial charge in [-0.15, -0.1) is 0 Å². The molecular weight excluding hydrogens is 340 g/mol. The molecule has 3 N–H and O–H groups in total. The quantitative estimate of drug-likeness (QED) is 0.626. The van der Waals surface area contributed by atoms with Gasteiger partial charge in [-0.1, -0.05) is 45.0 Å². The minimum atomic E-state index is -0.234. The van der Waals surface area contributed by atoms with Gasteiger partial charge in [0, 0.05) is 17.4 Å². The van der Waals surface area contributed by atoms with Gasteiger partial charge in [-0.05, 0) is 23.1 Å². The molecule has 1 aromatic heterocycles. The Bertz CT molecular complexity index is 987. The summed E-state index contributed by atoms with van der Waals surface area (Å²) >= 11 is 0. The highest BCUT2D eigenvalue weighted by molar-refractivity contribution is 6.00. The third-order valence-electron chi connectivity index (χ3n) is 4.92. The average molecular weight is 364 g/mol. The largest absolute Gasteiger partial charge is 0.493 e. The summed E-state index contributed by atoms with van der Waals surface area (Å²) in [5.41, 5.74) is 3.79. The van der Waals surface area contributed by atoms with Crippen molar-refractivity contribution in [2.45, 2.75) is 38.6 Å². The number of rotatable bonds is 2. The number of anilines is 1. The second-order valence-electron chi connectivity index (χ2n) is 7.90. The van der Waals surface area contributed by atoms with Crippen LogP contribution < -0.4 is 15.4 Å². The van der Waals surface area contributed by atoms with Crippen LogP contribution in [0.25, 0.3) is 10.9 Å². The Morgan fingerprint density at radius 1 is 1.22 bits per heavy atom. The predicted molar refractivity (Wildman–Crippen MR) is 106 cm³/mol. The number of aromatic nitrogens is 2. The Labute approximate surface area is 158 Å². The number of benzene rings is 2. The van der Waals surface area contributed by atoms with Crippen molar-refractivity contribution in [3.8, 4) is 5.75 Å². The summed E-state index contributed by atoms with van der Waals surface area (Å²) in [4.78, 5) is 12.6. The second-order valence-corrected chi connectivity index (χ2v) is 7.90. The summed E-state index contributed by atoms with van der Waals surface area (Å²) in [6.45, 7) is 7.09. The zero-order chi connectivity index (χ0) is 19.0. The molecular formula is C21H24N4O2. The number of hydrogen-bond donors (Lipinski definition) is 3. The first kappa shape index (κ1) is 17.4. The van der Waals surface area contributed by atoms with Crippen molar-refractivity contribution in [2.75, 3.05) is 11.9 Å². The molecule has 4 rings (SSSR count). The summed E-state index contributed by atoms with van der Waals surface area (Å²) in [6, 6.07) is 11.5. The topological polar surface area (TPSA) is 79.0 Å². The van der Waals surface area contributed by atoms with Crippen molar-refractivity contribution in [2.24, 2.45) is 0 Å². The summed E-state index contributed by atoms with van der Waals surface area (Å²) in [5.74, 6) is 0.901. The van der Waals surface area contributed by atoms with Gasteiger partial charge in [0.1, 0.15) is 5.75 Å². The number of urea groups is 1. The summed E-state index contributed by atoms with van der Waals surface area (Å²) in [6.07, 6.45) is 2.45. The van der Waals surface area contributed by atoms with E-state index in [4.69, 9.17) is 4.74 Å². The number of nitrogens with one attached hydrogen (secondary N) is 3. The molecule has 1 aliphatic heterocycles. The van der Waals surface area contributed by atoms with Gasteiger partial charge in [0.05, 0.1) is 30.0 Å². The molecule has 0 saturated carbocycles. The highest BCUT2D eigenvalue weighted by Crippen LogP contribution is 2.40. The number of H-pyrrole nitrogens is 1. The molecule has 0 aliphatic carbocycles. The number of nitrogens with zero attached hydrogens (tertiary/aromatic N) is 1. The van der Waals surface area contributed by atoms with Gasteiger partial charge in [0.25, 0.3) is 0 Å². The number of hydrogen-bond acceptors (Lipinski definition) is 3. The molecule has 6 nitrogen and oxygen atoms in total. The van der Waals surface area contributed by atoms with Crippen LogP contribution in [0.2, 0.25) is 0 Å². The van der Waals surface area contributed by atoms with Gasteiger partial charge in [-0.25, -0.2) is 4.79 Å². The maximum Gasteiger partial charge on any atom is 0.319 e. The number of aromatic amines is 1. The molecule has 2 amide bonds. The first-order valence-electron chi connectivity index (χ1n) is 9.19. The molecule has 0 spiro atoms. The predicted octanol–water partition coefficient (Wildman–Crippen LogP) is 4.51. The zero-order valence-corrected chi connectivity index (χ0v) is 15.8. The number of carbonyl (C=O) groups is 1. The molecule has 2 heterocycles. The molecule has 140 valence electrons. The SMILES string of the molecule is CC(C)(C)c1cccc2c1OCC[C@@H]2NC(=O)Nc1cccc2[nH]ncc12. The molecule has 0 radical (unpaired) electrons. The monoisotopic (exact) mass is 364 g/mol. The van der Waals surface area contributed by atoms with Crippen LogP contribution in [0, 0.1) is 0 Å². The number of fused-ring (bicyclic) bond motifs is 2. The van der Waals surface area contributed by atoms with E-state index in [9.17, 15) is 4.79 Å². The fourth-order valence-corrected chi connectivity index (χ4v) is 3.56. The second kappa shape index (κ2) is 6.61. The minimum absolute atomic E-state index is 0.0214. The maximum absolute atomic E-state index is 12.6. The van der Waals surface area contributed by atoms with E-state index in [0.717, 1.165) is 39.9 Å². The van der Waals surface area contributed by atoms with Crippen LogP contribution in [0.1, 0.15) is 44.4 Å². The van der Waals surface area contributed by atoms with Crippen LogP contribution in [-0.2, 0) is 5.41 Å². The number of para-hydroxylation sites is 1. The molecule has 27 heavy (non-hydrogen) atoms. The maximum atomic E-state index is 12.6. The Morgan fingerprint density at radius 2 is 2.04 bits per heavy atom. The van der Waals surface area contributed by atoms with E-state index in [0.29, 0.717) is 6.61 Å². The van der Waals surface area contributed by atoms with Crippen LogP contribution in [0.5, 0.6) is 5.75 Å². The van der Waals surface area contributed by atoms with Crippen LogP contribution >= 0.6 is 0 Å². The number of amides is 2. The van der Waals surface area contributed by atoms with Crippen molar-refractivity contribution in [3.05, 3.63) is 53.7 Å². The van der Waals surface area contributed by atoms with Gasteiger partial charge < -0.3 is 15.4 Å². The smallest absolute Gasteiger partial charge is 0.319 e. The molecule has 3 aromatic rings. The third-order valence-corrected chi connectivity index (χ3v) is 4.92. The van der Waals surface area contributed by atoms with Crippen molar-refractivity contribution >= 4 is 22.6 Å². The van der Waals surface area contributed by atoms with Gasteiger partial charge in [0.15, 0.2) is 0 Å². The van der Waals surface area contributed by atoms with E-state index >= 15 is 0 Å². The fourth-order valence-electron chi connectivity index (χ4n) is 3.56. The van der Waals surface area contributed by atoms with Crippen molar-refractivity contribution in [1.29, 1.82) is 0 Å². The Balaban J connectivity index is 1.56. The van der Waals surface area contributed by atoms with Crippen LogP contribution in [-0.4, -0.2) is 22.8 Å². The van der Waals surface area contributed by atoms with E-state index < -0.39 is 0 Å². The lowest BCUT2D eigenvalue weighted by Crippen LogP contribution is -2.35. The van der Waals surface area contributed by atoms with E-state index in [-0.39, 0.29) is 17.5 Å². The first-order chi connectivity index (χ1) is 12.9. The normalized spacial score (nSPS) is 16.5. The summed E-state index contributed by atoms with van der Waals surface area (Å²) in [5, 5.41) is 13.9. The van der Waals surface area contributed by atoms with E-state index in [1.54, 1.807) is 6.20 Å². The van der Waals surface area contributed by atoms with Gasteiger partial charge in [-0.2, -0.15) is 5.10 Å². The van der Waals surface area contributed by atoms with Crippen LogP contribution in [0.3, 0.4) is 0 Å². The molecule has 0 bridgehead atoms. The molecule has 0 unspecified atom stereocenters. The summed E-state index contributed by atoms with van der Waals surface area (Å²) in [7, 11) is 0. The lowest BCUT2D eigenvalue weighted by molar-refractivity contribution is 0.230. The fraction of sp³-hybridized carbons (Fsp3) is 0.333. The van der Waals surface area contributed by atoms with Crippen LogP contribution in [0.15, 0.2) is 42.6 Å². The third kappa shape index (κ3) is 3.35. The highest BCUT2D eigenvalue weighted by atomic mass is 16.5. The van der Waals surface area contributed by atoms with E-state index in [1.165, 1.54) is 0 Å². The van der Waals surface area contributed by atoms with Crippen molar-refractivity contribution < 1.29 is 9.53 Å². The van der Waals surface area contributed by atoms with Gasteiger partial charge in [0.2, 0.25) is 0 Å². The van der Waals surface area contributed by atoms with E-state index in [2.05, 4.69) is 47.7 Å². The van der Waals surface area contributed by atoms with Crippen molar-refractivity contribution in [3.63, 3.8) is 0 Å².